The highest BCUT2D eigenvalue weighted by atomic mass is 32.1. The summed E-state index contributed by atoms with van der Waals surface area (Å²) in [5.41, 5.74) is -0.541. The molecule has 0 saturated carbocycles. The van der Waals surface area contributed by atoms with E-state index in [0.717, 1.165) is 17.0 Å². The fraction of sp³-hybridized carbons (Fsp3) is 0.154. The van der Waals surface area contributed by atoms with Crippen molar-refractivity contribution in [1.82, 2.24) is 5.32 Å². The van der Waals surface area contributed by atoms with Gasteiger partial charge in [0.25, 0.3) is 5.91 Å². The van der Waals surface area contributed by atoms with Crippen LogP contribution in [0.5, 0.6) is 0 Å². The third kappa shape index (κ3) is 2.56. The van der Waals surface area contributed by atoms with Crippen LogP contribution in [0.3, 0.4) is 0 Å². The number of amides is 1. The zero-order valence-electron chi connectivity index (χ0n) is 9.61. The maximum atomic E-state index is 13.4. The molecule has 2 rings (SSSR count). The molecular formula is C13H11F2NOS. The van der Waals surface area contributed by atoms with E-state index in [0.29, 0.717) is 0 Å². The summed E-state index contributed by atoms with van der Waals surface area (Å²) in [6, 6.07) is 6.78. The molecule has 2 nitrogen and oxygen atoms in total. The minimum atomic E-state index is -0.856. The number of thiophene rings is 1. The third-order valence-corrected chi connectivity index (χ3v) is 3.56. The molecule has 1 heterocycles. The van der Waals surface area contributed by atoms with Crippen molar-refractivity contribution in [2.45, 2.75) is 13.0 Å². The molecule has 0 aliphatic heterocycles. The normalized spacial score (nSPS) is 12.2. The Hall–Kier alpha value is -1.75. The van der Waals surface area contributed by atoms with Gasteiger partial charge in [-0.05, 0) is 30.5 Å². The van der Waals surface area contributed by atoms with E-state index in [4.69, 9.17) is 0 Å². The average molecular weight is 267 g/mol. The highest BCUT2D eigenvalue weighted by Gasteiger charge is 2.19. The van der Waals surface area contributed by atoms with Crippen LogP contribution in [0.1, 0.15) is 28.2 Å². The first kappa shape index (κ1) is 12.7. The van der Waals surface area contributed by atoms with Gasteiger partial charge in [-0.25, -0.2) is 8.78 Å². The number of carbonyl (C=O) groups is 1. The van der Waals surface area contributed by atoms with Crippen LogP contribution in [0.15, 0.2) is 35.7 Å². The van der Waals surface area contributed by atoms with E-state index in [1.54, 1.807) is 6.92 Å². The number of halogens is 2. The summed E-state index contributed by atoms with van der Waals surface area (Å²) >= 11 is 1.47. The largest absolute Gasteiger partial charge is 0.345 e. The van der Waals surface area contributed by atoms with Gasteiger partial charge >= 0.3 is 0 Å². The quantitative estimate of drug-likeness (QED) is 0.905. The predicted octanol–water partition coefficient (Wildman–Crippen LogP) is 3.52. The van der Waals surface area contributed by atoms with E-state index in [1.807, 2.05) is 17.5 Å². The summed E-state index contributed by atoms with van der Waals surface area (Å²) in [5, 5.41) is 4.45. The summed E-state index contributed by atoms with van der Waals surface area (Å²) in [4.78, 5) is 12.7. The summed E-state index contributed by atoms with van der Waals surface area (Å²) in [5.74, 6) is -2.46. The van der Waals surface area contributed by atoms with Gasteiger partial charge in [-0.15, -0.1) is 11.3 Å². The first-order valence-electron chi connectivity index (χ1n) is 5.38. The van der Waals surface area contributed by atoms with E-state index < -0.39 is 23.1 Å². The lowest BCUT2D eigenvalue weighted by molar-refractivity contribution is 0.0932. The van der Waals surface area contributed by atoms with E-state index in [-0.39, 0.29) is 6.04 Å². The van der Waals surface area contributed by atoms with Crippen LogP contribution < -0.4 is 5.32 Å². The van der Waals surface area contributed by atoms with Gasteiger partial charge in [0.2, 0.25) is 0 Å². The Kier molecular flexibility index (Phi) is 3.72. The molecule has 1 atom stereocenters. The Balaban J connectivity index is 2.18. The van der Waals surface area contributed by atoms with Crippen LogP contribution in [-0.2, 0) is 0 Å². The van der Waals surface area contributed by atoms with E-state index in [2.05, 4.69) is 5.32 Å². The minimum absolute atomic E-state index is 0.281. The zero-order valence-corrected chi connectivity index (χ0v) is 10.4. The van der Waals surface area contributed by atoms with Gasteiger partial charge in [0.1, 0.15) is 17.2 Å². The van der Waals surface area contributed by atoms with Crippen LogP contribution in [0.25, 0.3) is 0 Å². The summed E-state index contributed by atoms with van der Waals surface area (Å²) in [6.07, 6.45) is 0. The molecular weight excluding hydrogens is 256 g/mol. The van der Waals surface area contributed by atoms with Crippen molar-refractivity contribution in [3.63, 3.8) is 0 Å². The van der Waals surface area contributed by atoms with Crippen molar-refractivity contribution in [3.05, 3.63) is 57.8 Å². The molecule has 18 heavy (non-hydrogen) atoms. The standard InChI is InChI=1S/C13H11F2NOS/c1-8(11-6-3-7-18-11)16-13(17)12-9(14)4-2-5-10(12)15/h2-8H,1H3,(H,16,17). The summed E-state index contributed by atoms with van der Waals surface area (Å²) in [7, 11) is 0. The van der Waals surface area contributed by atoms with Crippen molar-refractivity contribution < 1.29 is 13.6 Å². The lowest BCUT2D eigenvalue weighted by atomic mass is 10.1. The van der Waals surface area contributed by atoms with E-state index in [1.165, 1.54) is 17.4 Å². The molecule has 1 amide bonds. The second kappa shape index (κ2) is 5.27. The van der Waals surface area contributed by atoms with Crippen molar-refractivity contribution in [3.8, 4) is 0 Å². The number of rotatable bonds is 3. The van der Waals surface area contributed by atoms with E-state index >= 15 is 0 Å². The topological polar surface area (TPSA) is 29.1 Å². The second-order valence-corrected chi connectivity index (χ2v) is 4.79. The Bertz CT molecular complexity index is 534. The fourth-order valence-electron chi connectivity index (χ4n) is 1.59. The van der Waals surface area contributed by atoms with Gasteiger partial charge < -0.3 is 5.32 Å². The zero-order chi connectivity index (χ0) is 13.1. The second-order valence-electron chi connectivity index (χ2n) is 3.81. The average Bonchev–Trinajstić information content (AvgIpc) is 2.81. The lowest BCUT2D eigenvalue weighted by Gasteiger charge is -2.12. The Morgan fingerprint density at radius 3 is 2.44 bits per heavy atom. The van der Waals surface area contributed by atoms with Crippen LogP contribution in [0, 0.1) is 11.6 Å². The van der Waals surface area contributed by atoms with Crippen LogP contribution in [-0.4, -0.2) is 5.91 Å². The fourth-order valence-corrected chi connectivity index (χ4v) is 2.33. The van der Waals surface area contributed by atoms with Crippen molar-refractivity contribution in [1.29, 1.82) is 0 Å². The minimum Gasteiger partial charge on any atom is -0.345 e. The molecule has 94 valence electrons. The molecule has 0 radical (unpaired) electrons. The molecule has 0 bridgehead atoms. The molecule has 0 aliphatic carbocycles. The Morgan fingerprint density at radius 1 is 1.22 bits per heavy atom. The predicted molar refractivity (Wildman–Crippen MR) is 66.6 cm³/mol. The molecule has 0 spiro atoms. The molecule has 0 aliphatic rings. The Morgan fingerprint density at radius 2 is 1.89 bits per heavy atom. The van der Waals surface area contributed by atoms with Gasteiger partial charge in [-0.3, -0.25) is 4.79 Å². The molecule has 1 unspecified atom stereocenters. The maximum Gasteiger partial charge on any atom is 0.257 e. The van der Waals surface area contributed by atoms with E-state index in [9.17, 15) is 13.6 Å². The van der Waals surface area contributed by atoms with Crippen LogP contribution in [0.4, 0.5) is 8.78 Å². The molecule has 2 aromatic rings. The van der Waals surface area contributed by atoms with Gasteiger partial charge in [0, 0.05) is 4.88 Å². The number of carbonyl (C=O) groups excluding carboxylic acids is 1. The van der Waals surface area contributed by atoms with Gasteiger partial charge in [-0.2, -0.15) is 0 Å². The number of hydrogen-bond donors (Lipinski definition) is 1. The van der Waals surface area contributed by atoms with Gasteiger partial charge in [0.05, 0.1) is 6.04 Å². The summed E-state index contributed by atoms with van der Waals surface area (Å²) in [6.45, 7) is 1.77. The van der Waals surface area contributed by atoms with Crippen molar-refractivity contribution in [2.75, 3.05) is 0 Å². The van der Waals surface area contributed by atoms with Gasteiger partial charge in [-0.1, -0.05) is 12.1 Å². The maximum absolute atomic E-state index is 13.4. The van der Waals surface area contributed by atoms with Crippen LogP contribution >= 0.6 is 11.3 Å². The number of nitrogens with one attached hydrogen (secondary N) is 1. The number of benzene rings is 1. The van der Waals surface area contributed by atoms with Crippen molar-refractivity contribution >= 4 is 17.2 Å². The molecule has 0 saturated heterocycles. The van der Waals surface area contributed by atoms with Crippen molar-refractivity contribution in [2.24, 2.45) is 0 Å². The molecule has 0 fully saturated rings. The summed E-state index contributed by atoms with van der Waals surface area (Å²) < 4.78 is 26.8. The monoisotopic (exact) mass is 267 g/mol. The Labute approximate surface area is 107 Å². The van der Waals surface area contributed by atoms with Crippen LogP contribution in [0.2, 0.25) is 0 Å². The molecule has 1 aromatic carbocycles. The van der Waals surface area contributed by atoms with Gasteiger partial charge in [0.15, 0.2) is 0 Å². The number of hydrogen-bond acceptors (Lipinski definition) is 2. The third-order valence-electron chi connectivity index (χ3n) is 2.51. The molecule has 5 heteroatoms. The lowest BCUT2D eigenvalue weighted by Crippen LogP contribution is -2.27. The smallest absolute Gasteiger partial charge is 0.257 e. The SMILES string of the molecule is CC(NC(=O)c1c(F)cccc1F)c1cccs1. The first-order valence-corrected chi connectivity index (χ1v) is 6.26. The highest BCUT2D eigenvalue weighted by molar-refractivity contribution is 7.10. The molecule has 1 aromatic heterocycles. The highest BCUT2D eigenvalue weighted by Crippen LogP contribution is 2.19. The molecule has 1 N–H and O–H groups in total. The first-order chi connectivity index (χ1) is 8.59.